The van der Waals surface area contributed by atoms with Crippen molar-refractivity contribution in [3.63, 3.8) is 0 Å². The summed E-state index contributed by atoms with van der Waals surface area (Å²) >= 11 is 1.26. The van der Waals surface area contributed by atoms with Crippen LogP contribution < -0.4 is 10.6 Å². The molecule has 7 nitrogen and oxygen atoms in total. The second-order valence-corrected chi connectivity index (χ2v) is 5.20. The first-order chi connectivity index (χ1) is 10.1. The van der Waals surface area contributed by atoms with Gasteiger partial charge in [-0.3, -0.25) is 4.98 Å². The number of pyridine rings is 1. The number of carbonyl (C=O) groups excluding carboxylic acids is 1. The zero-order valence-corrected chi connectivity index (χ0v) is 12.1. The summed E-state index contributed by atoms with van der Waals surface area (Å²) in [5.41, 5.74) is 1.61. The molecule has 2 aromatic heterocycles. The standard InChI is InChI=1S/C13H14N4O3S/c1-8-2-4-14-6-9(8)17-13(20)15-5-3-11-16-10(7-21-11)12(18)19/h2,4,6-7H,3,5H2,1H3,(H,18,19)(H2,15,17,20). The molecule has 0 aliphatic carbocycles. The second kappa shape index (κ2) is 6.80. The Morgan fingerprint density at radius 2 is 2.24 bits per heavy atom. The lowest BCUT2D eigenvalue weighted by atomic mass is 10.2. The minimum Gasteiger partial charge on any atom is -0.476 e. The van der Waals surface area contributed by atoms with Crippen LogP contribution in [0.15, 0.2) is 23.8 Å². The number of carboxylic acid groups (broad SMARTS) is 1. The van der Waals surface area contributed by atoms with E-state index in [-0.39, 0.29) is 11.7 Å². The molecule has 0 radical (unpaired) electrons. The van der Waals surface area contributed by atoms with Gasteiger partial charge in [-0.15, -0.1) is 11.3 Å². The summed E-state index contributed by atoms with van der Waals surface area (Å²) in [4.78, 5) is 30.3. The predicted octanol–water partition coefficient (Wildman–Crippen LogP) is 1.91. The fraction of sp³-hybridized carbons (Fsp3) is 0.231. The largest absolute Gasteiger partial charge is 0.476 e. The number of rotatable bonds is 5. The summed E-state index contributed by atoms with van der Waals surface area (Å²) in [6.07, 6.45) is 3.72. The smallest absolute Gasteiger partial charge is 0.355 e. The third-order valence-electron chi connectivity index (χ3n) is 2.68. The van der Waals surface area contributed by atoms with Crippen molar-refractivity contribution in [1.29, 1.82) is 0 Å². The van der Waals surface area contributed by atoms with E-state index in [0.717, 1.165) is 5.56 Å². The van der Waals surface area contributed by atoms with E-state index in [1.165, 1.54) is 16.7 Å². The van der Waals surface area contributed by atoms with Crippen molar-refractivity contribution >= 4 is 29.0 Å². The lowest BCUT2D eigenvalue weighted by Gasteiger charge is -2.08. The molecule has 2 amide bonds. The molecule has 0 spiro atoms. The van der Waals surface area contributed by atoms with Gasteiger partial charge in [0.2, 0.25) is 0 Å². The fourth-order valence-electron chi connectivity index (χ4n) is 1.57. The minimum atomic E-state index is -1.05. The summed E-state index contributed by atoms with van der Waals surface area (Å²) < 4.78 is 0. The van der Waals surface area contributed by atoms with Crippen LogP contribution in [0.1, 0.15) is 21.1 Å². The number of nitrogens with zero attached hydrogens (tertiary/aromatic N) is 2. The Morgan fingerprint density at radius 3 is 2.90 bits per heavy atom. The Kier molecular flexibility index (Phi) is 4.83. The van der Waals surface area contributed by atoms with Crippen LogP contribution >= 0.6 is 11.3 Å². The van der Waals surface area contributed by atoms with Crippen molar-refractivity contribution in [3.05, 3.63) is 40.1 Å². The fourth-order valence-corrected chi connectivity index (χ4v) is 2.34. The summed E-state index contributed by atoms with van der Waals surface area (Å²) in [6, 6.07) is 1.47. The summed E-state index contributed by atoms with van der Waals surface area (Å²) in [6.45, 7) is 2.25. The summed E-state index contributed by atoms with van der Waals surface area (Å²) in [5.74, 6) is -1.05. The number of aromatic nitrogens is 2. The summed E-state index contributed by atoms with van der Waals surface area (Å²) in [5, 5.41) is 16.3. The Balaban J connectivity index is 1.79. The number of anilines is 1. The molecule has 21 heavy (non-hydrogen) atoms. The van der Waals surface area contributed by atoms with E-state index < -0.39 is 5.97 Å². The number of urea groups is 1. The third kappa shape index (κ3) is 4.25. The van der Waals surface area contributed by atoms with Crippen LogP contribution in [0.2, 0.25) is 0 Å². The van der Waals surface area contributed by atoms with Crippen molar-refractivity contribution in [2.45, 2.75) is 13.3 Å². The molecule has 8 heteroatoms. The minimum absolute atomic E-state index is 0.0328. The van der Waals surface area contributed by atoms with Gasteiger partial charge >= 0.3 is 12.0 Å². The molecule has 0 bridgehead atoms. The first kappa shape index (κ1) is 14.9. The van der Waals surface area contributed by atoms with Crippen LogP contribution in [0.3, 0.4) is 0 Å². The van der Waals surface area contributed by atoms with Crippen LogP contribution in [0.4, 0.5) is 10.5 Å². The Bertz CT molecular complexity index is 656. The molecule has 2 aromatic rings. The molecule has 2 heterocycles. The van der Waals surface area contributed by atoms with Crippen molar-refractivity contribution in [2.24, 2.45) is 0 Å². The van der Waals surface area contributed by atoms with Gasteiger partial charge in [-0.25, -0.2) is 14.6 Å². The predicted molar refractivity (Wildman–Crippen MR) is 78.8 cm³/mol. The van der Waals surface area contributed by atoms with Gasteiger partial charge in [-0.1, -0.05) is 0 Å². The number of thiazole rings is 1. The van der Waals surface area contributed by atoms with E-state index in [2.05, 4.69) is 20.6 Å². The van der Waals surface area contributed by atoms with E-state index in [0.29, 0.717) is 23.7 Å². The molecule has 0 saturated carbocycles. The SMILES string of the molecule is Cc1ccncc1NC(=O)NCCc1nc(C(=O)O)cs1. The first-order valence-corrected chi connectivity index (χ1v) is 7.07. The summed E-state index contributed by atoms with van der Waals surface area (Å²) in [7, 11) is 0. The topological polar surface area (TPSA) is 104 Å². The zero-order valence-electron chi connectivity index (χ0n) is 11.3. The average molecular weight is 306 g/mol. The highest BCUT2D eigenvalue weighted by molar-refractivity contribution is 7.09. The molecule has 2 rings (SSSR count). The molecule has 3 N–H and O–H groups in total. The number of amides is 2. The van der Waals surface area contributed by atoms with Gasteiger partial charge in [0.25, 0.3) is 0 Å². The van der Waals surface area contributed by atoms with Crippen LogP contribution in [0, 0.1) is 6.92 Å². The maximum Gasteiger partial charge on any atom is 0.355 e. The van der Waals surface area contributed by atoms with Crippen molar-refractivity contribution < 1.29 is 14.7 Å². The van der Waals surface area contributed by atoms with Gasteiger partial charge in [0.1, 0.15) is 0 Å². The maximum atomic E-state index is 11.7. The maximum absolute atomic E-state index is 11.7. The van der Waals surface area contributed by atoms with Crippen molar-refractivity contribution in [2.75, 3.05) is 11.9 Å². The number of carboxylic acids is 1. The molecule has 110 valence electrons. The van der Waals surface area contributed by atoms with E-state index >= 15 is 0 Å². The van der Waals surface area contributed by atoms with E-state index in [4.69, 9.17) is 5.11 Å². The highest BCUT2D eigenvalue weighted by Gasteiger charge is 2.09. The number of nitrogens with one attached hydrogen (secondary N) is 2. The number of hydrogen-bond acceptors (Lipinski definition) is 5. The van der Waals surface area contributed by atoms with Gasteiger partial charge in [0.15, 0.2) is 5.69 Å². The molecule has 0 aromatic carbocycles. The van der Waals surface area contributed by atoms with Gasteiger partial charge < -0.3 is 15.7 Å². The zero-order chi connectivity index (χ0) is 15.2. The third-order valence-corrected chi connectivity index (χ3v) is 3.59. The quantitative estimate of drug-likeness (QED) is 0.782. The first-order valence-electron chi connectivity index (χ1n) is 6.19. The van der Waals surface area contributed by atoms with Crippen LogP contribution in [-0.2, 0) is 6.42 Å². The molecule has 0 aliphatic heterocycles. The van der Waals surface area contributed by atoms with E-state index in [1.54, 1.807) is 18.5 Å². The second-order valence-electron chi connectivity index (χ2n) is 4.25. The monoisotopic (exact) mass is 306 g/mol. The lowest BCUT2D eigenvalue weighted by Crippen LogP contribution is -2.30. The van der Waals surface area contributed by atoms with Gasteiger partial charge in [-0.2, -0.15) is 0 Å². The normalized spacial score (nSPS) is 10.1. The van der Waals surface area contributed by atoms with Gasteiger partial charge in [0.05, 0.1) is 16.9 Å². The van der Waals surface area contributed by atoms with E-state index in [9.17, 15) is 9.59 Å². The van der Waals surface area contributed by atoms with Crippen LogP contribution in [0.5, 0.6) is 0 Å². The average Bonchev–Trinajstić information content (AvgIpc) is 2.90. The van der Waals surface area contributed by atoms with Gasteiger partial charge in [0, 0.05) is 24.5 Å². The molecule has 0 fully saturated rings. The highest BCUT2D eigenvalue weighted by Crippen LogP contribution is 2.11. The molecular weight excluding hydrogens is 292 g/mol. The molecule has 0 atom stereocenters. The molecule has 0 unspecified atom stereocenters. The van der Waals surface area contributed by atoms with Crippen LogP contribution in [-0.4, -0.2) is 33.6 Å². The van der Waals surface area contributed by atoms with Crippen LogP contribution in [0.25, 0.3) is 0 Å². The van der Waals surface area contributed by atoms with Crippen molar-refractivity contribution in [1.82, 2.24) is 15.3 Å². The highest BCUT2D eigenvalue weighted by atomic mass is 32.1. The Hall–Kier alpha value is -2.48. The van der Waals surface area contributed by atoms with Gasteiger partial charge in [-0.05, 0) is 18.6 Å². The number of carbonyl (C=O) groups is 2. The van der Waals surface area contributed by atoms with Crippen molar-refractivity contribution in [3.8, 4) is 0 Å². The number of hydrogen-bond donors (Lipinski definition) is 3. The molecule has 0 saturated heterocycles. The molecular formula is C13H14N4O3S. The Morgan fingerprint density at radius 1 is 1.43 bits per heavy atom. The molecule has 0 aliphatic rings. The number of aromatic carboxylic acids is 1. The van der Waals surface area contributed by atoms with E-state index in [1.807, 2.05) is 6.92 Å². The number of aryl methyl sites for hydroxylation is 1. The Labute approximate surface area is 125 Å². The lowest BCUT2D eigenvalue weighted by molar-refractivity contribution is 0.0691.